The molecule has 0 aliphatic carbocycles. The summed E-state index contributed by atoms with van der Waals surface area (Å²) in [5, 5.41) is 2.91. The predicted octanol–water partition coefficient (Wildman–Crippen LogP) is 3.06. The van der Waals surface area contributed by atoms with Crippen molar-refractivity contribution in [3.63, 3.8) is 0 Å². The molecule has 7 nitrogen and oxygen atoms in total. The number of nitrogens with zero attached hydrogens (tertiary/aromatic N) is 4. The average Bonchev–Trinajstić information content (AvgIpc) is 2.81. The van der Waals surface area contributed by atoms with Gasteiger partial charge in [-0.15, -0.1) is 0 Å². The molecular weight excluding hydrogens is 378 g/mol. The summed E-state index contributed by atoms with van der Waals surface area (Å²) >= 11 is 0. The molecule has 4 rings (SSSR count). The number of carbonyl (C=O) groups excluding carboxylic acids is 1. The van der Waals surface area contributed by atoms with Crippen LogP contribution in [0.15, 0.2) is 67.0 Å². The van der Waals surface area contributed by atoms with Gasteiger partial charge < -0.3 is 15.0 Å². The van der Waals surface area contributed by atoms with Gasteiger partial charge in [0.15, 0.2) is 5.82 Å². The molecule has 0 unspecified atom stereocenters. The van der Waals surface area contributed by atoms with E-state index in [0.29, 0.717) is 11.4 Å². The zero-order valence-electron chi connectivity index (χ0n) is 17.0. The molecule has 2 heterocycles. The van der Waals surface area contributed by atoms with E-state index in [9.17, 15) is 4.79 Å². The lowest BCUT2D eigenvalue weighted by Crippen LogP contribution is -2.46. The second-order valence-electron chi connectivity index (χ2n) is 7.20. The molecular formula is C23H25N5O2. The Hall–Kier alpha value is -3.45. The zero-order valence-corrected chi connectivity index (χ0v) is 17.0. The zero-order chi connectivity index (χ0) is 20.8. The number of rotatable bonds is 6. The molecule has 154 valence electrons. The Morgan fingerprint density at radius 3 is 2.43 bits per heavy atom. The average molecular weight is 403 g/mol. The fraction of sp³-hybridized carbons (Fsp3) is 0.261. The number of hydrogen-bond acceptors (Lipinski definition) is 6. The normalized spacial score (nSPS) is 14.4. The number of methoxy groups -OCH3 is 1. The Morgan fingerprint density at radius 2 is 1.73 bits per heavy atom. The van der Waals surface area contributed by atoms with E-state index >= 15 is 0 Å². The summed E-state index contributed by atoms with van der Waals surface area (Å²) in [5.74, 6) is 1.29. The third kappa shape index (κ3) is 4.93. The molecule has 30 heavy (non-hydrogen) atoms. The second kappa shape index (κ2) is 9.37. The van der Waals surface area contributed by atoms with Gasteiger partial charge in [-0.05, 0) is 29.8 Å². The van der Waals surface area contributed by atoms with Gasteiger partial charge in [0.05, 0.1) is 19.5 Å². The van der Waals surface area contributed by atoms with Gasteiger partial charge in [0.2, 0.25) is 5.88 Å². The van der Waals surface area contributed by atoms with Gasteiger partial charge in [-0.1, -0.05) is 30.3 Å². The largest absolute Gasteiger partial charge is 0.480 e. The Bertz CT molecular complexity index is 970. The highest BCUT2D eigenvalue weighted by Crippen LogP contribution is 2.17. The summed E-state index contributed by atoms with van der Waals surface area (Å²) in [6, 6.07) is 17.3. The van der Waals surface area contributed by atoms with Crippen molar-refractivity contribution in [1.29, 1.82) is 0 Å². The lowest BCUT2D eigenvalue weighted by molar-refractivity contribution is 0.102. The van der Waals surface area contributed by atoms with Crippen molar-refractivity contribution >= 4 is 17.4 Å². The second-order valence-corrected chi connectivity index (χ2v) is 7.20. The molecule has 0 radical (unpaired) electrons. The van der Waals surface area contributed by atoms with Crippen molar-refractivity contribution < 1.29 is 9.53 Å². The third-order valence-electron chi connectivity index (χ3n) is 5.16. The molecule has 1 amide bonds. The van der Waals surface area contributed by atoms with Crippen LogP contribution in [-0.4, -0.2) is 54.1 Å². The van der Waals surface area contributed by atoms with Gasteiger partial charge in [0.25, 0.3) is 5.91 Å². The van der Waals surface area contributed by atoms with E-state index in [0.717, 1.165) is 44.2 Å². The van der Waals surface area contributed by atoms with E-state index in [-0.39, 0.29) is 5.91 Å². The highest BCUT2D eigenvalue weighted by molar-refractivity contribution is 6.04. The summed E-state index contributed by atoms with van der Waals surface area (Å²) in [5.41, 5.74) is 2.65. The monoisotopic (exact) mass is 403 g/mol. The summed E-state index contributed by atoms with van der Waals surface area (Å²) in [7, 11) is 1.60. The number of nitrogens with one attached hydrogen (secondary N) is 1. The van der Waals surface area contributed by atoms with E-state index in [4.69, 9.17) is 4.74 Å². The van der Waals surface area contributed by atoms with Gasteiger partial charge in [0.1, 0.15) is 0 Å². The fourth-order valence-corrected chi connectivity index (χ4v) is 3.47. The summed E-state index contributed by atoms with van der Waals surface area (Å²) in [6.07, 6.45) is 3.39. The highest BCUT2D eigenvalue weighted by atomic mass is 16.5. The molecule has 1 saturated heterocycles. The van der Waals surface area contributed by atoms with Crippen LogP contribution < -0.4 is 15.0 Å². The highest BCUT2D eigenvalue weighted by Gasteiger charge is 2.19. The molecule has 7 heteroatoms. The van der Waals surface area contributed by atoms with Gasteiger partial charge in [0, 0.05) is 44.0 Å². The van der Waals surface area contributed by atoms with Crippen molar-refractivity contribution in [1.82, 2.24) is 14.9 Å². The van der Waals surface area contributed by atoms with Crippen LogP contribution in [0.5, 0.6) is 5.88 Å². The van der Waals surface area contributed by atoms with Crippen LogP contribution in [0.4, 0.5) is 11.5 Å². The Labute approximate surface area is 176 Å². The number of hydrogen-bond donors (Lipinski definition) is 1. The molecule has 1 N–H and O–H groups in total. The van der Waals surface area contributed by atoms with Crippen LogP contribution in [0.1, 0.15) is 15.9 Å². The molecule has 3 aromatic rings. The first kappa shape index (κ1) is 19.8. The van der Waals surface area contributed by atoms with Crippen molar-refractivity contribution in [2.45, 2.75) is 6.54 Å². The van der Waals surface area contributed by atoms with E-state index in [1.165, 1.54) is 5.56 Å². The molecule has 0 atom stereocenters. The number of carbonyl (C=O) groups is 1. The summed E-state index contributed by atoms with van der Waals surface area (Å²) in [6.45, 7) is 4.52. The number of anilines is 2. The number of piperazine rings is 1. The first-order valence-electron chi connectivity index (χ1n) is 10.00. The standard InChI is InChI=1S/C23H25N5O2/c1-30-22-16-24-15-21(26-22)28-13-11-27(12-14-28)17-18-7-9-19(10-8-18)23(29)25-20-5-3-2-4-6-20/h2-10,15-16H,11-14,17H2,1H3,(H,25,29). The van der Waals surface area contributed by atoms with Gasteiger partial charge in [-0.25, -0.2) is 0 Å². The Morgan fingerprint density at radius 1 is 1.00 bits per heavy atom. The molecule has 1 aromatic heterocycles. The molecule has 2 aromatic carbocycles. The van der Waals surface area contributed by atoms with Crippen LogP contribution in [0.3, 0.4) is 0 Å². The first-order chi connectivity index (χ1) is 14.7. The minimum absolute atomic E-state index is 0.0965. The number of benzene rings is 2. The number of para-hydroxylation sites is 1. The predicted molar refractivity (Wildman–Crippen MR) is 117 cm³/mol. The SMILES string of the molecule is COc1cncc(N2CCN(Cc3ccc(C(=O)Nc4ccccc4)cc3)CC2)n1. The number of aromatic nitrogens is 2. The van der Waals surface area contributed by atoms with E-state index < -0.39 is 0 Å². The fourth-order valence-electron chi connectivity index (χ4n) is 3.47. The Balaban J connectivity index is 1.29. The van der Waals surface area contributed by atoms with Crippen LogP contribution in [0.2, 0.25) is 0 Å². The van der Waals surface area contributed by atoms with E-state index in [1.807, 2.05) is 54.6 Å². The van der Waals surface area contributed by atoms with Crippen LogP contribution in [0.25, 0.3) is 0 Å². The van der Waals surface area contributed by atoms with Crippen LogP contribution in [0, 0.1) is 0 Å². The molecule has 1 aliphatic heterocycles. The van der Waals surface area contributed by atoms with Crippen molar-refractivity contribution in [2.24, 2.45) is 0 Å². The quantitative estimate of drug-likeness (QED) is 0.682. The van der Waals surface area contributed by atoms with Gasteiger partial charge in [-0.2, -0.15) is 4.98 Å². The minimum Gasteiger partial charge on any atom is -0.480 e. The van der Waals surface area contributed by atoms with Gasteiger partial charge >= 0.3 is 0 Å². The van der Waals surface area contributed by atoms with Crippen molar-refractivity contribution in [3.8, 4) is 5.88 Å². The topological polar surface area (TPSA) is 70.6 Å². The molecule has 0 spiro atoms. The molecule has 1 aliphatic rings. The van der Waals surface area contributed by atoms with Crippen molar-refractivity contribution in [2.75, 3.05) is 43.5 Å². The lowest BCUT2D eigenvalue weighted by Gasteiger charge is -2.35. The van der Waals surface area contributed by atoms with Crippen LogP contribution in [-0.2, 0) is 6.54 Å². The maximum absolute atomic E-state index is 12.4. The summed E-state index contributed by atoms with van der Waals surface area (Å²) in [4.78, 5) is 25.7. The molecule has 0 bridgehead atoms. The number of amides is 1. The van der Waals surface area contributed by atoms with Crippen molar-refractivity contribution in [3.05, 3.63) is 78.1 Å². The molecule has 1 fully saturated rings. The maximum Gasteiger partial charge on any atom is 0.255 e. The third-order valence-corrected chi connectivity index (χ3v) is 5.16. The first-order valence-corrected chi connectivity index (χ1v) is 10.00. The van der Waals surface area contributed by atoms with E-state index in [2.05, 4.69) is 25.1 Å². The molecule has 0 saturated carbocycles. The minimum atomic E-state index is -0.0965. The number of ether oxygens (including phenoxy) is 1. The smallest absolute Gasteiger partial charge is 0.255 e. The van der Waals surface area contributed by atoms with Gasteiger partial charge in [-0.3, -0.25) is 14.7 Å². The lowest BCUT2D eigenvalue weighted by atomic mass is 10.1. The van der Waals surface area contributed by atoms with E-state index in [1.54, 1.807) is 19.5 Å². The maximum atomic E-state index is 12.4. The Kier molecular flexibility index (Phi) is 6.20. The summed E-state index contributed by atoms with van der Waals surface area (Å²) < 4.78 is 5.17. The van der Waals surface area contributed by atoms with Crippen LogP contribution >= 0.6 is 0 Å².